The fraction of sp³-hybridized carbons (Fsp3) is 0.400. The number of carbonyl (C=O) groups is 2. The molecule has 21 heavy (non-hydrogen) atoms. The number of nitrogens with zero attached hydrogens (tertiary/aromatic N) is 1. The van der Waals surface area contributed by atoms with Crippen molar-refractivity contribution in [1.29, 1.82) is 0 Å². The molecule has 0 spiro atoms. The second-order valence-corrected chi connectivity index (χ2v) is 5.48. The molecule has 1 heterocycles. The number of amides is 1. The summed E-state index contributed by atoms with van der Waals surface area (Å²) in [5.41, 5.74) is 1.48. The van der Waals surface area contributed by atoms with Gasteiger partial charge < -0.3 is 10.4 Å². The number of benzene rings is 1. The molecule has 0 saturated heterocycles. The van der Waals surface area contributed by atoms with Gasteiger partial charge in [0, 0.05) is 5.39 Å². The van der Waals surface area contributed by atoms with Crippen molar-refractivity contribution in [3.05, 3.63) is 30.0 Å². The molecular formula is C15H19N3O3. The van der Waals surface area contributed by atoms with Gasteiger partial charge in [0.15, 0.2) is 0 Å². The van der Waals surface area contributed by atoms with E-state index < -0.39 is 12.0 Å². The molecule has 1 amide bonds. The third-order valence-electron chi connectivity index (χ3n) is 3.22. The van der Waals surface area contributed by atoms with Gasteiger partial charge in [-0.2, -0.15) is 5.10 Å². The van der Waals surface area contributed by atoms with Crippen LogP contribution in [-0.2, 0) is 16.0 Å². The molecule has 1 atom stereocenters. The van der Waals surface area contributed by atoms with Crippen LogP contribution in [-0.4, -0.2) is 33.2 Å². The summed E-state index contributed by atoms with van der Waals surface area (Å²) in [5.74, 6) is -1.14. The Morgan fingerprint density at radius 3 is 2.71 bits per heavy atom. The second kappa shape index (κ2) is 6.39. The Morgan fingerprint density at radius 2 is 2.05 bits per heavy atom. The number of nitrogens with one attached hydrogen (secondary N) is 2. The predicted octanol–water partition coefficient (Wildman–Crippen LogP) is 1.72. The molecule has 0 aliphatic carbocycles. The Labute approximate surface area is 122 Å². The van der Waals surface area contributed by atoms with Crippen molar-refractivity contribution in [3.8, 4) is 0 Å². The first-order valence-corrected chi connectivity index (χ1v) is 6.91. The SMILES string of the molecule is CC(C)C[C@H](NC(=O)Cc1[nH]nc2ccccc12)C(=O)O. The summed E-state index contributed by atoms with van der Waals surface area (Å²) in [4.78, 5) is 23.2. The summed E-state index contributed by atoms with van der Waals surface area (Å²) in [6.07, 6.45) is 0.493. The van der Waals surface area contributed by atoms with Crippen molar-refractivity contribution in [2.45, 2.75) is 32.7 Å². The van der Waals surface area contributed by atoms with Crippen LogP contribution in [0.1, 0.15) is 26.0 Å². The van der Waals surface area contributed by atoms with Crippen LogP contribution in [0, 0.1) is 5.92 Å². The van der Waals surface area contributed by atoms with E-state index in [0.717, 1.165) is 10.9 Å². The molecule has 0 unspecified atom stereocenters. The highest BCUT2D eigenvalue weighted by Crippen LogP contribution is 2.15. The Morgan fingerprint density at radius 1 is 1.33 bits per heavy atom. The van der Waals surface area contributed by atoms with Gasteiger partial charge in [0.25, 0.3) is 0 Å². The Kier molecular flexibility index (Phi) is 4.57. The lowest BCUT2D eigenvalue weighted by atomic mass is 10.0. The molecule has 1 aromatic heterocycles. The normalized spacial score (nSPS) is 12.5. The lowest BCUT2D eigenvalue weighted by molar-refractivity contribution is -0.142. The van der Waals surface area contributed by atoms with Gasteiger partial charge in [0.05, 0.1) is 17.6 Å². The van der Waals surface area contributed by atoms with Gasteiger partial charge in [0.1, 0.15) is 6.04 Å². The molecular weight excluding hydrogens is 270 g/mol. The first-order valence-electron chi connectivity index (χ1n) is 6.91. The van der Waals surface area contributed by atoms with E-state index in [4.69, 9.17) is 5.11 Å². The molecule has 0 aliphatic rings. The molecule has 0 aliphatic heterocycles. The minimum Gasteiger partial charge on any atom is -0.480 e. The summed E-state index contributed by atoms with van der Waals surface area (Å²) < 4.78 is 0. The van der Waals surface area contributed by atoms with E-state index in [1.165, 1.54) is 0 Å². The van der Waals surface area contributed by atoms with Crippen LogP contribution in [0.4, 0.5) is 0 Å². The van der Waals surface area contributed by atoms with E-state index in [1.807, 2.05) is 38.1 Å². The van der Waals surface area contributed by atoms with E-state index in [1.54, 1.807) is 0 Å². The Bertz CT molecular complexity index is 648. The molecule has 1 aromatic carbocycles. The third kappa shape index (κ3) is 3.81. The number of aliphatic carboxylic acids is 1. The number of H-pyrrole nitrogens is 1. The van der Waals surface area contributed by atoms with Crippen LogP contribution in [0.25, 0.3) is 10.9 Å². The van der Waals surface area contributed by atoms with Gasteiger partial charge in [0.2, 0.25) is 5.91 Å². The lowest BCUT2D eigenvalue weighted by Crippen LogP contribution is -2.42. The summed E-state index contributed by atoms with van der Waals surface area (Å²) in [6.45, 7) is 3.84. The van der Waals surface area contributed by atoms with E-state index in [2.05, 4.69) is 15.5 Å². The van der Waals surface area contributed by atoms with E-state index in [0.29, 0.717) is 12.1 Å². The number of carboxylic acid groups (broad SMARTS) is 1. The quantitative estimate of drug-likeness (QED) is 0.754. The van der Waals surface area contributed by atoms with Crippen molar-refractivity contribution >= 4 is 22.8 Å². The molecule has 2 aromatic rings. The molecule has 6 heteroatoms. The maximum Gasteiger partial charge on any atom is 0.326 e. The van der Waals surface area contributed by atoms with Crippen LogP contribution in [0.15, 0.2) is 24.3 Å². The minimum absolute atomic E-state index is 0.0857. The molecule has 3 N–H and O–H groups in total. The summed E-state index contributed by atoms with van der Waals surface area (Å²) >= 11 is 0. The standard InChI is InChI=1S/C15H19N3O3/c1-9(2)7-13(15(20)21)16-14(19)8-12-10-5-3-4-6-11(10)17-18-12/h3-6,9,13H,7-8H2,1-2H3,(H,16,19)(H,17,18)(H,20,21)/t13-/m0/s1. The number of hydrogen-bond donors (Lipinski definition) is 3. The molecule has 0 fully saturated rings. The van der Waals surface area contributed by atoms with Gasteiger partial charge in [-0.3, -0.25) is 9.89 Å². The molecule has 112 valence electrons. The highest BCUT2D eigenvalue weighted by Gasteiger charge is 2.21. The summed E-state index contributed by atoms with van der Waals surface area (Å²) in [5, 5.41) is 19.5. The number of aromatic amines is 1. The Balaban J connectivity index is 2.05. The summed E-state index contributed by atoms with van der Waals surface area (Å²) in [6, 6.07) is 6.62. The molecule has 0 bridgehead atoms. The number of hydrogen-bond acceptors (Lipinski definition) is 3. The zero-order chi connectivity index (χ0) is 15.4. The largest absolute Gasteiger partial charge is 0.480 e. The zero-order valence-corrected chi connectivity index (χ0v) is 12.1. The van der Waals surface area contributed by atoms with E-state index in [9.17, 15) is 9.59 Å². The lowest BCUT2D eigenvalue weighted by Gasteiger charge is -2.16. The number of fused-ring (bicyclic) bond motifs is 1. The van der Waals surface area contributed by atoms with Crippen LogP contribution < -0.4 is 5.32 Å². The average Bonchev–Trinajstić information content (AvgIpc) is 2.81. The van der Waals surface area contributed by atoms with E-state index in [-0.39, 0.29) is 18.2 Å². The number of para-hydroxylation sites is 1. The van der Waals surface area contributed by atoms with Crippen molar-refractivity contribution in [2.75, 3.05) is 0 Å². The molecule has 0 saturated carbocycles. The average molecular weight is 289 g/mol. The second-order valence-electron chi connectivity index (χ2n) is 5.48. The van der Waals surface area contributed by atoms with Crippen molar-refractivity contribution < 1.29 is 14.7 Å². The number of rotatable bonds is 6. The minimum atomic E-state index is -1.01. The number of carboxylic acids is 1. The van der Waals surface area contributed by atoms with Gasteiger partial charge in [-0.1, -0.05) is 32.0 Å². The van der Waals surface area contributed by atoms with Gasteiger partial charge >= 0.3 is 5.97 Å². The van der Waals surface area contributed by atoms with Gasteiger partial charge in [-0.15, -0.1) is 0 Å². The topological polar surface area (TPSA) is 95.1 Å². The van der Waals surface area contributed by atoms with E-state index >= 15 is 0 Å². The fourth-order valence-electron chi connectivity index (χ4n) is 2.25. The first-order chi connectivity index (χ1) is 9.97. The van der Waals surface area contributed by atoms with Crippen LogP contribution >= 0.6 is 0 Å². The monoisotopic (exact) mass is 289 g/mol. The number of carbonyl (C=O) groups excluding carboxylic acids is 1. The summed E-state index contributed by atoms with van der Waals surface area (Å²) in [7, 11) is 0. The van der Waals surface area contributed by atoms with Crippen molar-refractivity contribution in [2.24, 2.45) is 5.92 Å². The van der Waals surface area contributed by atoms with Gasteiger partial charge in [-0.25, -0.2) is 4.79 Å². The Hall–Kier alpha value is -2.37. The third-order valence-corrected chi connectivity index (χ3v) is 3.22. The highest BCUT2D eigenvalue weighted by atomic mass is 16.4. The van der Waals surface area contributed by atoms with Crippen LogP contribution in [0.2, 0.25) is 0 Å². The number of aromatic nitrogens is 2. The molecule has 2 rings (SSSR count). The van der Waals surface area contributed by atoms with Crippen LogP contribution in [0.3, 0.4) is 0 Å². The maximum atomic E-state index is 12.0. The highest BCUT2D eigenvalue weighted by molar-refractivity contribution is 5.89. The predicted molar refractivity (Wildman–Crippen MR) is 78.8 cm³/mol. The maximum absolute atomic E-state index is 12.0. The van der Waals surface area contributed by atoms with Crippen molar-refractivity contribution in [1.82, 2.24) is 15.5 Å². The first kappa shape index (κ1) is 15.0. The van der Waals surface area contributed by atoms with Crippen molar-refractivity contribution in [3.63, 3.8) is 0 Å². The molecule has 0 radical (unpaired) electrons. The zero-order valence-electron chi connectivity index (χ0n) is 12.1. The van der Waals surface area contributed by atoms with Gasteiger partial charge in [-0.05, 0) is 18.4 Å². The smallest absolute Gasteiger partial charge is 0.326 e. The fourth-order valence-corrected chi connectivity index (χ4v) is 2.25. The molecule has 6 nitrogen and oxygen atoms in total. The van der Waals surface area contributed by atoms with Crippen LogP contribution in [0.5, 0.6) is 0 Å².